The molecule has 1 heterocycles. The number of anilines is 2. The lowest BCUT2D eigenvalue weighted by atomic mass is 10.4. The third-order valence-corrected chi connectivity index (χ3v) is 4.50. The van der Waals surface area contributed by atoms with E-state index in [0.29, 0.717) is 11.3 Å². The molecule has 0 saturated heterocycles. The minimum absolute atomic E-state index is 0.0966. The van der Waals surface area contributed by atoms with Gasteiger partial charge in [-0.15, -0.1) is 11.3 Å². The van der Waals surface area contributed by atoms with Crippen LogP contribution in [0.3, 0.4) is 0 Å². The molecule has 0 atom stereocenters. The summed E-state index contributed by atoms with van der Waals surface area (Å²) in [5, 5.41) is 2.16. The summed E-state index contributed by atoms with van der Waals surface area (Å²) in [6.07, 6.45) is -1.79. The molecule has 6 nitrogen and oxygen atoms in total. The molecule has 0 aliphatic carbocycles. The number of methoxy groups -OCH3 is 1. The van der Waals surface area contributed by atoms with E-state index in [-0.39, 0.29) is 20.5 Å². The van der Waals surface area contributed by atoms with E-state index in [1.165, 1.54) is 0 Å². The van der Waals surface area contributed by atoms with Gasteiger partial charge in [-0.05, 0) is 0 Å². The smallest absolute Gasteiger partial charge is 0.350 e. The SMILES string of the molecule is COC(=O)c1sc(NCC(F)F)c(S(C)(=O)=O)c1N. The molecule has 0 aliphatic heterocycles. The topological polar surface area (TPSA) is 98.5 Å². The molecule has 1 aromatic heterocycles. The molecule has 0 fully saturated rings. The number of carbonyl (C=O) groups excluding carboxylic acids is 1. The Morgan fingerprint density at radius 3 is 2.53 bits per heavy atom. The van der Waals surface area contributed by atoms with E-state index < -0.39 is 28.8 Å². The third kappa shape index (κ3) is 3.53. The van der Waals surface area contributed by atoms with E-state index in [1.54, 1.807) is 0 Å². The number of nitrogens with one attached hydrogen (secondary N) is 1. The molecular weight excluding hydrogens is 302 g/mol. The fourth-order valence-corrected chi connectivity index (χ4v) is 3.82. The molecule has 0 aliphatic rings. The molecule has 19 heavy (non-hydrogen) atoms. The van der Waals surface area contributed by atoms with Crippen molar-refractivity contribution in [2.75, 3.05) is 31.0 Å². The van der Waals surface area contributed by atoms with Crippen molar-refractivity contribution in [1.82, 2.24) is 0 Å². The fraction of sp³-hybridized carbons (Fsp3) is 0.444. The van der Waals surface area contributed by atoms with Crippen LogP contribution in [0, 0.1) is 0 Å². The highest BCUT2D eigenvalue weighted by atomic mass is 32.2. The maximum Gasteiger partial charge on any atom is 0.350 e. The molecule has 0 amide bonds. The van der Waals surface area contributed by atoms with E-state index in [2.05, 4.69) is 10.1 Å². The fourth-order valence-electron chi connectivity index (χ4n) is 1.33. The van der Waals surface area contributed by atoms with Crippen LogP contribution in [-0.2, 0) is 14.6 Å². The van der Waals surface area contributed by atoms with Crippen molar-refractivity contribution in [3.8, 4) is 0 Å². The molecule has 108 valence electrons. The number of halogens is 2. The maximum atomic E-state index is 12.2. The average molecular weight is 314 g/mol. The number of hydrogen-bond acceptors (Lipinski definition) is 7. The molecule has 1 rings (SSSR count). The van der Waals surface area contributed by atoms with Crippen molar-refractivity contribution >= 4 is 37.8 Å². The standard InChI is InChI=1S/C9H12F2N2O4S2/c1-17-9(14)6-5(12)7(19(2,15)16)8(18-6)13-3-4(10)11/h4,13H,3,12H2,1-2H3. The summed E-state index contributed by atoms with van der Waals surface area (Å²) < 4.78 is 51.9. The number of thiophene rings is 1. The Kier molecular flexibility index (Phi) is 4.69. The van der Waals surface area contributed by atoms with E-state index in [4.69, 9.17) is 5.73 Å². The van der Waals surface area contributed by atoms with Crippen molar-refractivity contribution < 1.29 is 26.7 Å². The molecule has 0 saturated carbocycles. The van der Waals surface area contributed by atoms with Gasteiger partial charge in [-0.25, -0.2) is 22.0 Å². The Morgan fingerprint density at radius 2 is 2.11 bits per heavy atom. The van der Waals surface area contributed by atoms with Crippen LogP contribution in [-0.4, -0.2) is 40.7 Å². The summed E-state index contributed by atoms with van der Waals surface area (Å²) in [4.78, 5) is 10.9. The Hall–Kier alpha value is -1.42. The highest BCUT2D eigenvalue weighted by Crippen LogP contribution is 2.39. The lowest BCUT2D eigenvalue weighted by Gasteiger charge is -2.05. The van der Waals surface area contributed by atoms with Gasteiger partial charge in [-0.2, -0.15) is 0 Å². The summed E-state index contributed by atoms with van der Waals surface area (Å²) in [5.41, 5.74) is 5.28. The molecule has 0 spiro atoms. The first-order valence-electron chi connectivity index (χ1n) is 4.91. The average Bonchev–Trinajstić information content (AvgIpc) is 2.62. The molecule has 10 heteroatoms. The molecule has 0 unspecified atom stereocenters. The number of alkyl halides is 2. The number of ether oxygens (including phenoxy) is 1. The van der Waals surface area contributed by atoms with E-state index in [9.17, 15) is 22.0 Å². The van der Waals surface area contributed by atoms with E-state index >= 15 is 0 Å². The van der Waals surface area contributed by atoms with Gasteiger partial charge in [0.1, 0.15) is 14.8 Å². The summed E-state index contributed by atoms with van der Waals surface area (Å²) in [6, 6.07) is 0. The number of rotatable bonds is 5. The van der Waals surface area contributed by atoms with Gasteiger partial charge in [0, 0.05) is 6.26 Å². The minimum Gasteiger partial charge on any atom is -0.465 e. The van der Waals surface area contributed by atoms with Gasteiger partial charge in [-0.3, -0.25) is 0 Å². The lowest BCUT2D eigenvalue weighted by molar-refractivity contribution is 0.0607. The first-order chi connectivity index (χ1) is 8.68. The van der Waals surface area contributed by atoms with Crippen LogP contribution >= 0.6 is 11.3 Å². The summed E-state index contributed by atoms with van der Waals surface area (Å²) in [6.45, 7) is -0.747. The van der Waals surface area contributed by atoms with Gasteiger partial charge in [0.2, 0.25) is 0 Å². The van der Waals surface area contributed by atoms with Gasteiger partial charge < -0.3 is 15.8 Å². The summed E-state index contributed by atoms with van der Waals surface area (Å²) in [7, 11) is -2.66. The van der Waals surface area contributed by atoms with Gasteiger partial charge in [-0.1, -0.05) is 0 Å². The van der Waals surface area contributed by atoms with Gasteiger partial charge >= 0.3 is 5.97 Å². The number of nitrogens with two attached hydrogens (primary N) is 1. The number of nitrogen functional groups attached to an aromatic ring is 1. The molecule has 1 aromatic rings. The first-order valence-corrected chi connectivity index (χ1v) is 7.62. The number of carbonyl (C=O) groups is 1. The predicted molar refractivity (Wildman–Crippen MR) is 67.7 cm³/mol. The van der Waals surface area contributed by atoms with Gasteiger partial charge in [0.05, 0.1) is 19.3 Å². The van der Waals surface area contributed by atoms with Crippen LogP contribution in [0.2, 0.25) is 0 Å². The van der Waals surface area contributed by atoms with E-state index in [1.807, 2.05) is 0 Å². The van der Waals surface area contributed by atoms with Crippen molar-refractivity contribution in [2.24, 2.45) is 0 Å². The monoisotopic (exact) mass is 314 g/mol. The van der Waals surface area contributed by atoms with Crippen molar-refractivity contribution in [1.29, 1.82) is 0 Å². The van der Waals surface area contributed by atoms with Crippen LogP contribution in [0.15, 0.2) is 4.90 Å². The van der Waals surface area contributed by atoms with Gasteiger partial charge in [0.25, 0.3) is 6.43 Å². The van der Waals surface area contributed by atoms with Crippen molar-refractivity contribution in [3.63, 3.8) is 0 Å². The number of hydrogen-bond donors (Lipinski definition) is 2. The zero-order chi connectivity index (χ0) is 14.8. The highest BCUT2D eigenvalue weighted by molar-refractivity contribution is 7.91. The summed E-state index contributed by atoms with van der Waals surface area (Å²) >= 11 is 0.665. The van der Waals surface area contributed by atoms with Crippen molar-refractivity contribution in [3.05, 3.63) is 4.88 Å². The summed E-state index contributed by atoms with van der Waals surface area (Å²) in [5.74, 6) is -0.822. The zero-order valence-corrected chi connectivity index (χ0v) is 11.7. The van der Waals surface area contributed by atoms with E-state index in [0.717, 1.165) is 13.4 Å². The Morgan fingerprint density at radius 1 is 1.53 bits per heavy atom. The lowest BCUT2D eigenvalue weighted by Crippen LogP contribution is -2.12. The maximum absolute atomic E-state index is 12.2. The molecule has 0 radical (unpaired) electrons. The highest BCUT2D eigenvalue weighted by Gasteiger charge is 2.27. The molecule has 0 aromatic carbocycles. The van der Waals surface area contributed by atoms with Crippen LogP contribution in [0.1, 0.15) is 9.67 Å². The molecule has 0 bridgehead atoms. The second-order valence-corrected chi connectivity index (χ2v) is 6.51. The Labute approximate surface area is 112 Å². The molecule has 3 N–H and O–H groups in total. The van der Waals surface area contributed by atoms with Crippen LogP contribution < -0.4 is 11.1 Å². The normalized spacial score (nSPS) is 11.6. The third-order valence-electron chi connectivity index (χ3n) is 2.06. The Bertz CT molecular complexity index is 583. The van der Waals surface area contributed by atoms with Crippen LogP contribution in [0.5, 0.6) is 0 Å². The van der Waals surface area contributed by atoms with Crippen molar-refractivity contribution in [2.45, 2.75) is 11.3 Å². The van der Waals surface area contributed by atoms with Crippen LogP contribution in [0.25, 0.3) is 0 Å². The number of sulfone groups is 1. The second-order valence-electron chi connectivity index (χ2n) is 3.54. The largest absolute Gasteiger partial charge is 0.465 e. The predicted octanol–water partition coefficient (Wildman–Crippen LogP) is 1.20. The van der Waals surface area contributed by atoms with Gasteiger partial charge in [0.15, 0.2) is 9.84 Å². The second kappa shape index (κ2) is 5.70. The van der Waals surface area contributed by atoms with Crippen LogP contribution in [0.4, 0.5) is 19.5 Å². The molecular formula is C9H12F2N2O4S2. The quantitative estimate of drug-likeness (QED) is 0.792. The number of esters is 1. The zero-order valence-electron chi connectivity index (χ0n) is 10.1. The Balaban J connectivity index is 3.32. The minimum atomic E-state index is -3.76. The first kappa shape index (κ1) is 15.6.